The number of rotatable bonds is 6. The number of hydrogen-bond acceptors (Lipinski definition) is 4. The van der Waals surface area contributed by atoms with Gasteiger partial charge in [-0.05, 0) is 42.7 Å². The third-order valence-corrected chi connectivity index (χ3v) is 4.62. The summed E-state index contributed by atoms with van der Waals surface area (Å²) < 4.78 is 2.06. The molecule has 2 aromatic heterocycles. The van der Waals surface area contributed by atoms with E-state index in [0.29, 0.717) is 5.56 Å². The fraction of sp³-hybridized carbons (Fsp3) is 0.278. The molecule has 6 heteroatoms. The topological polar surface area (TPSA) is 59.8 Å². The Labute approximate surface area is 145 Å². The number of nitrogens with one attached hydrogen (secondary N) is 1. The molecule has 1 amide bonds. The van der Waals surface area contributed by atoms with Crippen molar-refractivity contribution in [3.8, 4) is 0 Å². The molecular weight excluding hydrogens is 320 g/mol. The number of amides is 1. The molecule has 3 rings (SSSR count). The molecule has 124 valence electrons. The summed E-state index contributed by atoms with van der Waals surface area (Å²) in [6.07, 6.45) is 6.13. The summed E-state index contributed by atoms with van der Waals surface area (Å²) in [6.45, 7) is 0. The number of carbonyl (C=O) groups excluding carboxylic acids is 1. The number of aryl methyl sites for hydroxylation is 1. The van der Waals surface area contributed by atoms with Crippen molar-refractivity contribution in [2.45, 2.75) is 12.5 Å². The molecule has 0 radical (unpaired) electrons. The lowest BCUT2D eigenvalue weighted by Gasteiger charge is -2.18. The first-order valence-electron chi connectivity index (χ1n) is 7.82. The Kier molecular flexibility index (Phi) is 5.15. The maximum Gasteiger partial charge on any atom is 0.253 e. The van der Waals surface area contributed by atoms with Gasteiger partial charge in [-0.2, -0.15) is 11.8 Å². The van der Waals surface area contributed by atoms with E-state index in [1.165, 1.54) is 0 Å². The number of aromatic nitrogens is 3. The highest BCUT2D eigenvalue weighted by atomic mass is 32.2. The molecular formula is C18H20N4OS. The first kappa shape index (κ1) is 16.5. The SMILES string of the molecule is CSCCC(NC(=O)c1cccnc1)c1nc2ccccc2n1C. The number of benzene rings is 1. The molecule has 0 saturated carbocycles. The smallest absolute Gasteiger partial charge is 0.253 e. The highest BCUT2D eigenvalue weighted by molar-refractivity contribution is 7.98. The van der Waals surface area contributed by atoms with Crippen molar-refractivity contribution < 1.29 is 4.79 Å². The van der Waals surface area contributed by atoms with Gasteiger partial charge < -0.3 is 9.88 Å². The van der Waals surface area contributed by atoms with E-state index >= 15 is 0 Å². The fourth-order valence-corrected chi connectivity index (χ4v) is 3.19. The van der Waals surface area contributed by atoms with E-state index < -0.39 is 0 Å². The van der Waals surface area contributed by atoms with E-state index in [1.807, 2.05) is 31.3 Å². The first-order valence-corrected chi connectivity index (χ1v) is 9.21. The first-order chi connectivity index (χ1) is 11.7. The van der Waals surface area contributed by atoms with Crippen LogP contribution in [0.25, 0.3) is 11.0 Å². The zero-order chi connectivity index (χ0) is 16.9. The molecule has 0 aliphatic heterocycles. The molecule has 0 bridgehead atoms. The Bertz CT molecular complexity index is 831. The average molecular weight is 340 g/mol. The minimum Gasteiger partial charge on any atom is -0.342 e. The summed E-state index contributed by atoms with van der Waals surface area (Å²) >= 11 is 1.76. The van der Waals surface area contributed by atoms with Crippen molar-refractivity contribution in [1.82, 2.24) is 19.9 Å². The number of nitrogens with zero attached hydrogens (tertiary/aromatic N) is 3. The van der Waals surface area contributed by atoms with Gasteiger partial charge >= 0.3 is 0 Å². The van der Waals surface area contributed by atoms with Crippen LogP contribution in [0.5, 0.6) is 0 Å². The van der Waals surface area contributed by atoms with E-state index in [9.17, 15) is 4.79 Å². The zero-order valence-corrected chi connectivity index (χ0v) is 14.6. The van der Waals surface area contributed by atoms with Crippen LogP contribution in [0, 0.1) is 0 Å². The lowest BCUT2D eigenvalue weighted by Crippen LogP contribution is -2.30. The average Bonchev–Trinajstić information content (AvgIpc) is 2.96. The lowest BCUT2D eigenvalue weighted by atomic mass is 10.2. The predicted octanol–water partition coefficient (Wildman–Crippen LogP) is 3.19. The number of pyridine rings is 1. The molecule has 1 aromatic carbocycles. The Morgan fingerprint density at radius 1 is 1.29 bits per heavy atom. The molecule has 1 atom stereocenters. The van der Waals surface area contributed by atoms with Gasteiger partial charge in [0, 0.05) is 19.4 Å². The van der Waals surface area contributed by atoms with Crippen LogP contribution >= 0.6 is 11.8 Å². The fourth-order valence-electron chi connectivity index (χ4n) is 2.72. The van der Waals surface area contributed by atoms with Gasteiger partial charge in [0.25, 0.3) is 5.91 Å². The quantitative estimate of drug-likeness (QED) is 0.749. The number of imidazole rings is 1. The minimum absolute atomic E-state index is 0.124. The number of fused-ring (bicyclic) bond motifs is 1. The maximum absolute atomic E-state index is 12.5. The van der Waals surface area contributed by atoms with Crippen LogP contribution in [-0.2, 0) is 7.05 Å². The molecule has 2 heterocycles. The van der Waals surface area contributed by atoms with E-state index in [4.69, 9.17) is 4.98 Å². The summed E-state index contributed by atoms with van der Waals surface area (Å²) in [6, 6.07) is 11.4. The van der Waals surface area contributed by atoms with Gasteiger partial charge in [-0.25, -0.2) is 4.98 Å². The predicted molar refractivity (Wildman–Crippen MR) is 98.2 cm³/mol. The van der Waals surface area contributed by atoms with Gasteiger partial charge in [-0.1, -0.05) is 12.1 Å². The van der Waals surface area contributed by atoms with Crippen LogP contribution in [0.2, 0.25) is 0 Å². The molecule has 0 spiro atoms. The Hall–Kier alpha value is -2.34. The Morgan fingerprint density at radius 3 is 2.83 bits per heavy atom. The van der Waals surface area contributed by atoms with Gasteiger partial charge in [-0.15, -0.1) is 0 Å². The van der Waals surface area contributed by atoms with Gasteiger partial charge in [-0.3, -0.25) is 9.78 Å². The van der Waals surface area contributed by atoms with E-state index in [-0.39, 0.29) is 11.9 Å². The normalized spacial score (nSPS) is 12.2. The molecule has 0 aliphatic carbocycles. The number of carbonyl (C=O) groups is 1. The van der Waals surface area contributed by atoms with E-state index in [1.54, 1.807) is 36.3 Å². The third-order valence-electron chi connectivity index (χ3n) is 3.97. The monoisotopic (exact) mass is 340 g/mol. The Morgan fingerprint density at radius 2 is 2.12 bits per heavy atom. The Balaban J connectivity index is 1.90. The van der Waals surface area contributed by atoms with Gasteiger partial charge in [0.2, 0.25) is 0 Å². The molecule has 0 aliphatic rings. The molecule has 24 heavy (non-hydrogen) atoms. The van der Waals surface area contributed by atoms with E-state index in [0.717, 1.165) is 29.0 Å². The summed E-state index contributed by atoms with van der Waals surface area (Å²) in [5.41, 5.74) is 2.57. The summed E-state index contributed by atoms with van der Waals surface area (Å²) in [5, 5.41) is 3.11. The molecule has 3 aromatic rings. The molecule has 0 saturated heterocycles. The second-order valence-electron chi connectivity index (χ2n) is 5.57. The second-order valence-corrected chi connectivity index (χ2v) is 6.55. The summed E-state index contributed by atoms with van der Waals surface area (Å²) in [4.78, 5) is 21.3. The van der Waals surface area contributed by atoms with Crippen molar-refractivity contribution in [2.75, 3.05) is 12.0 Å². The number of para-hydroxylation sites is 2. The molecule has 0 fully saturated rings. The van der Waals surface area contributed by atoms with Gasteiger partial charge in [0.15, 0.2) is 0 Å². The van der Waals surface area contributed by atoms with Crippen LogP contribution in [0.1, 0.15) is 28.6 Å². The van der Waals surface area contributed by atoms with Gasteiger partial charge in [0.05, 0.1) is 22.6 Å². The van der Waals surface area contributed by atoms with Crippen molar-refractivity contribution in [3.05, 3.63) is 60.2 Å². The van der Waals surface area contributed by atoms with Crippen LogP contribution in [-0.4, -0.2) is 32.5 Å². The van der Waals surface area contributed by atoms with Gasteiger partial charge in [0.1, 0.15) is 5.82 Å². The largest absolute Gasteiger partial charge is 0.342 e. The second kappa shape index (κ2) is 7.49. The molecule has 1 N–H and O–H groups in total. The number of thioether (sulfide) groups is 1. The van der Waals surface area contributed by atoms with Crippen LogP contribution in [0.4, 0.5) is 0 Å². The molecule has 5 nitrogen and oxygen atoms in total. The standard InChI is InChI=1S/C18H20N4OS/c1-22-16-8-4-3-7-14(16)20-17(22)15(9-11-24-2)21-18(23)13-6-5-10-19-12-13/h3-8,10,12,15H,9,11H2,1-2H3,(H,21,23). The van der Waals surface area contributed by atoms with Crippen molar-refractivity contribution >= 4 is 28.7 Å². The highest BCUT2D eigenvalue weighted by Gasteiger charge is 2.21. The molecule has 1 unspecified atom stereocenters. The van der Waals surface area contributed by atoms with Crippen LogP contribution in [0.3, 0.4) is 0 Å². The lowest BCUT2D eigenvalue weighted by molar-refractivity contribution is 0.0933. The van der Waals surface area contributed by atoms with Crippen molar-refractivity contribution in [2.24, 2.45) is 7.05 Å². The van der Waals surface area contributed by atoms with E-state index in [2.05, 4.69) is 21.1 Å². The zero-order valence-electron chi connectivity index (χ0n) is 13.8. The maximum atomic E-state index is 12.5. The van der Waals surface area contributed by atoms with Crippen molar-refractivity contribution in [1.29, 1.82) is 0 Å². The summed E-state index contributed by atoms with van der Waals surface area (Å²) in [5.74, 6) is 1.70. The van der Waals surface area contributed by atoms with Crippen LogP contribution in [0.15, 0.2) is 48.8 Å². The van der Waals surface area contributed by atoms with Crippen LogP contribution < -0.4 is 5.32 Å². The summed E-state index contributed by atoms with van der Waals surface area (Å²) in [7, 11) is 1.99. The van der Waals surface area contributed by atoms with Crippen molar-refractivity contribution in [3.63, 3.8) is 0 Å². The highest BCUT2D eigenvalue weighted by Crippen LogP contribution is 2.23. The minimum atomic E-state index is -0.137. The third kappa shape index (κ3) is 3.43. The number of hydrogen-bond donors (Lipinski definition) is 1.